The maximum atomic E-state index is 13.2. The van der Waals surface area contributed by atoms with Crippen LogP contribution in [0.1, 0.15) is 48.7 Å². The fourth-order valence-electron chi connectivity index (χ4n) is 3.76. The van der Waals surface area contributed by atoms with Crippen molar-refractivity contribution < 1.29 is 13.2 Å². The summed E-state index contributed by atoms with van der Waals surface area (Å²) in [7, 11) is -3.87. The van der Waals surface area contributed by atoms with Gasteiger partial charge in [0.15, 0.2) is 0 Å². The van der Waals surface area contributed by atoms with Gasteiger partial charge >= 0.3 is 0 Å². The lowest BCUT2D eigenvalue weighted by Crippen LogP contribution is -2.40. The average Bonchev–Trinajstić information content (AvgIpc) is 2.98. The highest BCUT2D eigenvalue weighted by atomic mass is 35.5. The molecule has 1 amide bonds. The first kappa shape index (κ1) is 25.2. The molecule has 1 N–H and O–H groups in total. The number of nitriles is 1. The topological polar surface area (TPSA) is 93.5 Å². The van der Waals surface area contributed by atoms with Gasteiger partial charge in [-0.05, 0) is 63.1 Å². The Morgan fingerprint density at radius 1 is 1.09 bits per heavy atom. The number of halogens is 1. The molecule has 0 aromatic heterocycles. The number of nitrogens with zero attached hydrogens (tertiary/aromatic N) is 3. The van der Waals surface area contributed by atoms with Gasteiger partial charge in [0, 0.05) is 43.8 Å². The summed E-state index contributed by atoms with van der Waals surface area (Å²) in [6.07, 6.45) is 0.812. The van der Waals surface area contributed by atoms with Gasteiger partial charge in [-0.3, -0.25) is 9.69 Å². The molecule has 0 bridgehead atoms. The van der Waals surface area contributed by atoms with Crippen LogP contribution in [-0.2, 0) is 16.6 Å². The smallest absolute Gasteiger partial charge is 0.253 e. The fourth-order valence-corrected chi connectivity index (χ4v) is 5.70. The van der Waals surface area contributed by atoms with Gasteiger partial charge in [0.25, 0.3) is 5.91 Å². The Balaban J connectivity index is 1.70. The maximum Gasteiger partial charge on any atom is 0.253 e. The van der Waals surface area contributed by atoms with Crippen LogP contribution in [0.4, 0.5) is 0 Å². The van der Waals surface area contributed by atoms with Crippen molar-refractivity contribution in [3.63, 3.8) is 0 Å². The second-order valence-electron chi connectivity index (χ2n) is 9.23. The summed E-state index contributed by atoms with van der Waals surface area (Å²) in [5.41, 5.74) is 1.38. The molecule has 3 rings (SSSR count). The Kier molecular flexibility index (Phi) is 7.80. The molecule has 0 unspecified atom stereocenters. The Morgan fingerprint density at radius 3 is 2.42 bits per heavy atom. The molecule has 1 fully saturated rings. The van der Waals surface area contributed by atoms with Crippen LogP contribution in [0.5, 0.6) is 0 Å². The summed E-state index contributed by atoms with van der Waals surface area (Å²) in [5.74, 6) is -0.209. The van der Waals surface area contributed by atoms with E-state index in [-0.39, 0.29) is 15.8 Å². The zero-order chi connectivity index (χ0) is 24.2. The van der Waals surface area contributed by atoms with Gasteiger partial charge in [-0.25, -0.2) is 13.1 Å². The normalized spacial score (nSPS) is 15.7. The highest BCUT2D eigenvalue weighted by Crippen LogP contribution is 2.25. The summed E-state index contributed by atoms with van der Waals surface area (Å²) in [6.45, 7) is 8.66. The number of nitrogens with one attached hydrogen (secondary N) is 1. The minimum absolute atomic E-state index is 0.0766. The molecule has 1 aliphatic rings. The minimum Gasteiger partial charge on any atom is -0.337 e. The van der Waals surface area contributed by atoms with Crippen molar-refractivity contribution in [3.05, 3.63) is 64.2 Å². The first-order valence-electron chi connectivity index (χ1n) is 10.8. The zero-order valence-electron chi connectivity index (χ0n) is 19.1. The summed E-state index contributed by atoms with van der Waals surface area (Å²) < 4.78 is 28.2. The van der Waals surface area contributed by atoms with E-state index in [2.05, 4.69) is 15.7 Å². The van der Waals surface area contributed by atoms with E-state index in [0.29, 0.717) is 30.8 Å². The van der Waals surface area contributed by atoms with Crippen molar-refractivity contribution in [1.82, 2.24) is 14.5 Å². The van der Waals surface area contributed by atoms with Crippen molar-refractivity contribution in [2.24, 2.45) is 0 Å². The number of sulfonamides is 1. The Labute approximate surface area is 201 Å². The van der Waals surface area contributed by atoms with Crippen molar-refractivity contribution in [1.29, 1.82) is 5.26 Å². The third-order valence-corrected chi connectivity index (χ3v) is 7.51. The van der Waals surface area contributed by atoms with E-state index in [4.69, 9.17) is 16.9 Å². The summed E-state index contributed by atoms with van der Waals surface area (Å²) in [6, 6.07) is 14.0. The molecule has 0 atom stereocenters. The van der Waals surface area contributed by atoms with Crippen molar-refractivity contribution in [2.75, 3.05) is 26.2 Å². The van der Waals surface area contributed by atoms with E-state index in [0.717, 1.165) is 25.1 Å². The number of amides is 1. The summed E-state index contributed by atoms with van der Waals surface area (Å²) in [4.78, 5) is 17.1. The molecular formula is C24H29ClN4O3S. The molecule has 1 saturated heterocycles. The van der Waals surface area contributed by atoms with Gasteiger partial charge in [0.2, 0.25) is 10.0 Å². The molecule has 0 aliphatic carbocycles. The van der Waals surface area contributed by atoms with Crippen LogP contribution in [0.25, 0.3) is 0 Å². The Morgan fingerprint density at radius 2 is 1.79 bits per heavy atom. The maximum absolute atomic E-state index is 13.2. The van der Waals surface area contributed by atoms with Crippen LogP contribution in [0, 0.1) is 11.3 Å². The highest BCUT2D eigenvalue weighted by Gasteiger charge is 2.27. The van der Waals surface area contributed by atoms with E-state index in [1.165, 1.54) is 12.1 Å². The lowest BCUT2D eigenvalue weighted by Gasteiger charge is -2.23. The van der Waals surface area contributed by atoms with Crippen LogP contribution in [0.2, 0.25) is 5.02 Å². The van der Waals surface area contributed by atoms with Gasteiger partial charge < -0.3 is 4.90 Å². The van der Waals surface area contributed by atoms with E-state index in [1.807, 2.05) is 24.3 Å². The van der Waals surface area contributed by atoms with E-state index in [1.54, 1.807) is 31.7 Å². The Bertz CT molecular complexity index is 1150. The molecule has 33 heavy (non-hydrogen) atoms. The number of carbonyl (C=O) groups excluding carboxylic acids is 1. The number of hydrogen-bond donors (Lipinski definition) is 1. The Hall–Kier alpha value is -2.44. The number of benzene rings is 2. The molecular weight excluding hydrogens is 460 g/mol. The molecule has 2 aromatic carbocycles. The molecule has 1 aliphatic heterocycles. The van der Waals surface area contributed by atoms with Gasteiger partial charge in [0.05, 0.1) is 16.7 Å². The van der Waals surface area contributed by atoms with E-state index in [9.17, 15) is 13.2 Å². The molecule has 0 spiro atoms. The molecule has 1 heterocycles. The second kappa shape index (κ2) is 10.2. The average molecular weight is 489 g/mol. The predicted octanol–water partition coefficient (Wildman–Crippen LogP) is 3.64. The van der Waals surface area contributed by atoms with Crippen LogP contribution in [0.3, 0.4) is 0 Å². The first-order chi connectivity index (χ1) is 15.5. The predicted molar refractivity (Wildman–Crippen MR) is 128 cm³/mol. The number of hydrogen-bond acceptors (Lipinski definition) is 5. The standard InChI is InChI=1S/C24H29ClN4O3S/c1-24(2,3)27-33(31,32)22-15-20(9-10-21(22)25)23(30)29-12-4-11-28(13-14-29)17-19-7-5-18(16-26)6-8-19/h5-10,15,27H,4,11-14,17H2,1-3H3. The quantitative estimate of drug-likeness (QED) is 0.693. The van der Waals surface area contributed by atoms with Crippen LogP contribution in [-0.4, -0.2) is 55.8 Å². The van der Waals surface area contributed by atoms with Gasteiger partial charge in [-0.2, -0.15) is 5.26 Å². The molecule has 176 valence electrons. The lowest BCUT2D eigenvalue weighted by atomic mass is 10.1. The van der Waals surface area contributed by atoms with E-state index >= 15 is 0 Å². The van der Waals surface area contributed by atoms with Crippen LogP contribution in [0.15, 0.2) is 47.4 Å². The monoisotopic (exact) mass is 488 g/mol. The molecule has 0 radical (unpaired) electrons. The van der Waals surface area contributed by atoms with Gasteiger partial charge in [-0.1, -0.05) is 23.7 Å². The van der Waals surface area contributed by atoms with Crippen LogP contribution < -0.4 is 4.72 Å². The van der Waals surface area contributed by atoms with E-state index < -0.39 is 15.6 Å². The minimum atomic E-state index is -3.87. The third kappa shape index (κ3) is 6.78. The lowest BCUT2D eigenvalue weighted by molar-refractivity contribution is 0.0761. The third-order valence-electron chi connectivity index (χ3n) is 5.27. The molecule has 0 saturated carbocycles. The summed E-state index contributed by atoms with van der Waals surface area (Å²) in [5, 5.41) is 9.02. The van der Waals surface area contributed by atoms with Crippen LogP contribution >= 0.6 is 11.6 Å². The van der Waals surface area contributed by atoms with Gasteiger partial charge in [-0.15, -0.1) is 0 Å². The van der Waals surface area contributed by atoms with Crippen molar-refractivity contribution in [2.45, 2.75) is 44.2 Å². The number of carbonyl (C=O) groups is 1. The second-order valence-corrected chi connectivity index (χ2v) is 11.3. The molecule has 7 nitrogen and oxygen atoms in total. The zero-order valence-corrected chi connectivity index (χ0v) is 20.7. The van der Waals surface area contributed by atoms with Gasteiger partial charge in [0.1, 0.15) is 4.90 Å². The largest absolute Gasteiger partial charge is 0.337 e. The fraction of sp³-hybridized carbons (Fsp3) is 0.417. The summed E-state index contributed by atoms with van der Waals surface area (Å²) >= 11 is 6.17. The molecule has 2 aromatic rings. The van der Waals surface area contributed by atoms with Crippen molar-refractivity contribution in [3.8, 4) is 6.07 Å². The SMILES string of the molecule is CC(C)(C)NS(=O)(=O)c1cc(C(=O)N2CCCN(Cc3ccc(C#N)cc3)CC2)ccc1Cl. The first-order valence-corrected chi connectivity index (χ1v) is 12.7. The molecule has 9 heteroatoms. The highest BCUT2D eigenvalue weighted by molar-refractivity contribution is 7.89. The van der Waals surface area contributed by atoms with Crippen molar-refractivity contribution >= 4 is 27.5 Å². The number of rotatable bonds is 5.